The van der Waals surface area contributed by atoms with E-state index in [-0.39, 0.29) is 6.03 Å². The van der Waals surface area contributed by atoms with Crippen molar-refractivity contribution < 1.29 is 4.79 Å². The fraction of sp³-hybridized carbons (Fsp3) is 0.261. The van der Waals surface area contributed by atoms with Crippen LogP contribution in [-0.2, 0) is 0 Å². The number of carbonyl (C=O) groups is 1. The zero-order valence-corrected chi connectivity index (χ0v) is 18.0. The number of aromatic nitrogens is 2. The number of carbonyl (C=O) groups excluding carboxylic acids is 1. The van der Waals surface area contributed by atoms with Crippen molar-refractivity contribution in [2.75, 3.05) is 42.7 Å². The molecule has 0 spiro atoms. The highest BCUT2D eigenvalue weighted by Crippen LogP contribution is 2.23. The predicted octanol–water partition coefficient (Wildman–Crippen LogP) is 4.53. The molecule has 2 amide bonds. The molecule has 30 heavy (non-hydrogen) atoms. The third-order valence-electron chi connectivity index (χ3n) is 5.21. The van der Waals surface area contributed by atoms with Gasteiger partial charge in [-0.2, -0.15) is 0 Å². The minimum Gasteiger partial charge on any atom is -0.353 e. The van der Waals surface area contributed by atoms with Crippen molar-refractivity contribution in [2.24, 2.45) is 0 Å². The number of nitrogens with one attached hydrogen (secondary N) is 1. The molecule has 1 aliphatic rings. The minimum absolute atomic E-state index is 0.0593. The summed E-state index contributed by atoms with van der Waals surface area (Å²) < 4.78 is 0. The number of amides is 2. The lowest BCUT2D eigenvalue weighted by Gasteiger charge is -2.35. The summed E-state index contributed by atoms with van der Waals surface area (Å²) in [5.41, 5.74) is 4.04. The maximum Gasteiger partial charge on any atom is 0.321 e. The third kappa shape index (κ3) is 4.74. The van der Waals surface area contributed by atoms with Gasteiger partial charge in [0.25, 0.3) is 0 Å². The first kappa shape index (κ1) is 20.2. The van der Waals surface area contributed by atoms with Crippen LogP contribution in [0.25, 0.3) is 11.3 Å². The molecule has 0 saturated carbocycles. The minimum atomic E-state index is -0.0593. The highest BCUT2D eigenvalue weighted by molar-refractivity contribution is 7.98. The van der Waals surface area contributed by atoms with E-state index in [1.54, 1.807) is 18.1 Å². The molecular formula is C23H25N5OS. The number of thioether (sulfide) groups is 1. The van der Waals surface area contributed by atoms with E-state index >= 15 is 0 Å². The van der Waals surface area contributed by atoms with Crippen LogP contribution in [-0.4, -0.2) is 53.3 Å². The van der Waals surface area contributed by atoms with Gasteiger partial charge in [0.05, 0.1) is 5.69 Å². The second-order valence-electron chi connectivity index (χ2n) is 7.26. The van der Waals surface area contributed by atoms with Gasteiger partial charge in [-0.1, -0.05) is 35.9 Å². The van der Waals surface area contributed by atoms with Crippen molar-refractivity contribution in [1.29, 1.82) is 0 Å². The van der Waals surface area contributed by atoms with Crippen LogP contribution in [0.5, 0.6) is 0 Å². The van der Waals surface area contributed by atoms with Crippen LogP contribution in [0.2, 0.25) is 0 Å². The summed E-state index contributed by atoms with van der Waals surface area (Å²) in [6.07, 6.45) is 3.64. The number of rotatable bonds is 4. The lowest BCUT2D eigenvalue weighted by atomic mass is 10.1. The molecule has 1 fully saturated rings. The molecule has 0 bridgehead atoms. The normalized spacial score (nSPS) is 13.9. The molecule has 7 heteroatoms. The third-order valence-corrected chi connectivity index (χ3v) is 5.94. The quantitative estimate of drug-likeness (QED) is 0.630. The first-order valence-electron chi connectivity index (χ1n) is 9.96. The van der Waals surface area contributed by atoms with Gasteiger partial charge in [-0.3, -0.25) is 0 Å². The average molecular weight is 420 g/mol. The molecule has 0 unspecified atom stereocenters. The zero-order valence-electron chi connectivity index (χ0n) is 17.2. The Morgan fingerprint density at radius 1 is 1.00 bits per heavy atom. The molecule has 1 aromatic heterocycles. The summed E-state index contributed by atoms with van der Waals surface area (Å²) in [6.45, 7) is 4.85. The van der Waals surface area contributed by atoms with E-state index < -0.39 is 0 Å². The fourth-order valence-electron chi connectivity index (χ4n) is 3.44. The SMILES string of the molecule is CSc1cccc(NC(=O)N2CCN(c3cc(-c4ccc(C)cc4)ncn3)CC2)c1. The summed E-state index contributed by atoms with van der Waals surface area (Å²) in [5, 5.41) is 3.01. The van der Waals surface area contributed by atoms with E-state index in [1.807, 2.05) is 41.5 Å². The van der Waals surface area contributed by atoms with Crippen LogP contribution in [0.3, 0.4) is 0 Å². The van der Waals surface area contributed by atoms with Crippen molar-refractivity contribution in [3.8, 4) is 11.3 Å². The Hall–Kier alpha value is -3.06. The van der Waals surface area contributed by atoms with Crippen molar-refractivity contribution in [3.63, 3.8) is 0 Å². The average Bonchev–Trinajstić information content (AvgIpc) is 2.80. The number of piperazine rings is 1. The van der Waals surface area contributed by atoms with Gasteiger partial charge in [0.2, 0.25) is 0 Å². The maximum atomic E-state index is 12.6. The molecule has 4 rings (SSSR count). The Bertz CT molecular complexity index is 1020. The Morgan fingerprint density at radius 3 is 2.50 bits per heavy atom. The number of anilines is 2. The van der Waals surface area contributed by atoms with Gasteiger partial charge in [-0.25, -0.2) is 14.8 Å². The smallest absolute Gasteiger partial charge is 0.321 e. The molecule has 3 aromatic rings. The molecule has 6 nitrogen and oxygen atoms in total. The monoisotopic (exact) mass is 419 g/mol. The Labute approximate surface area is 181 Å². The van der Waals surface area contributed by atoms with Gasteiger partial charge in [0.1, 0.15) is 12.1 Å². The van der Waals surface area contributed by atoms with Gasteiger partial charge in [-0.15, -0.1) is 11.8 Å². The van der Waals surface area contributed by atoms with Crippen LogP contribution in [0.15, 0.2) is 65.8 Å². The van der Waals surface area contributed by atoms with E-state index in [2.05, 4.69) is 51.4 Å². The largest absolute Gasteiger partial charge is 0.353 e. The topological polar surface area (TPSA) is 61.4 Å². The second kappa shape index (κ2) is 9.17. The van der Waals surface area contributed by atoms with Gasteiger partial charge < -0.3 is 15.1 Å². The van der Waals surface area contributed by atoms with Crippen molar-refractivity contribution in [3.05, 3.63) is 66.5 Å². The standard InChI is InChI=1S/C23H25N5OS/c1-17-6-8-18(9-7-17)21-15-22(25-16-24-21)27-10-12-28(13-11-27)23(29)26-19-4-3-5-20(14-19)30-2/h3-9,14-16H,10-13H2,1-2H3,(H,26,29). The highest BCUT2D eigenvalue weighted by Gasteiger charge is 2.22. The lowest BCUT2D eigenvalue weighted by Crippen LogP contribution is -2.50. The molecule has 1 aliphatic heterocycles. The van der Waals surface area contributed by atoms with Gasteiger partial charge in [-0.05, 0) is 31.4 Å². The summed E-state index contributed by atoms with van der Waals surface area (Å²) in [7, 11) is 0. The second-order valence-corrected chi connectivity index (χ2v) is 8.14. The van der Waals surface area contributed by atoms with Gasteiger partial charge >= 0.3 is 6.03 Å². The van der Waals surface area contributed by atoms with E-state index in [4.69, 9.17) is 0 Å². The fourth-order valence-corrected chi connectivity index (χ4v) is 3.90. The molecule has 1 N–H and O–H groups in total. The van der Waals surface area contributed by atoms with E-state index in [1.165, 1.54) is 5.56 Å². The van der Waals surface area contributed by atoms with E-state index in [0.717, 1.165) is 40.7 Å². The van der Waals surface area contributed by atoms with Crippen molar-refractivity contribution >= 4 is 29.3 Å². The summed E-state index contributed by atoms with van der Waals surface area (Å²) in [4.78, 5) is 26.7. The number of hydrogen-bond acceptors (Lipinski definition) is 5. The molecular weight excluding hydrogens is 394 g/mol. The Balaban J connectivity index is 1.38. The van der Waals surface area contributed by atoms with Crippen LogP contribution in [0, 0.1) is 6.92 Å². The molecule has 0 radical (unpaired) electrons. The molecule has 1 saturated heterocycles. The first-order chi connectivity index (χ1) is 14.6. The summed E-state index contributed by atoms with van der Waals surface area (Å²) in [5.74, 6) is 0.897. The van der Waals surface area contributed by atoms with E-state index in [0.29, 0.717) is 13.1 Å². The van der Waals surface area contributed by atoms with Crippen LogP contribution >= 0.6 is 11.8 Å². The number of aryl methyl sites for hydroxylation is 1. The first-order valence-corrected chi connectivity index (χ1v) is 11.2. The molecule has 2 aromatic carbocycles. The lowest BCUT2D eigenvalue weighted by molar-refractivity contribution is 0.208. The molecule has 154 valence electrons. The predicted molar refractivity (Wildman–Crippen MR) is 123 cm³/mol. The summed E-state index contributed by atoms with van der Waals surface area (Å²) >= 11 is 1.66. The van der Waals surface area contributed by atoms with Crippen LogP contribution in [0.4, 0.5) is 16.3 Å². The molecule has 0 aliphatic carbocycles. The maximum absolute atomic E-state index is 12.6. The van der Waals surface area contributed by atoms with E-state index in [9.17, 15) is 4.79 Å². The highest BCUT2D eigenvalue weighted by atomic mass is 32.2. The Morgan fingerprint density at radius 2 is 1.77 bits per heavy atom. The molecule has 0 atom stereocenters. The van der Waals surface area contributed by atoms with Crippen molar-refractivity contribution in [1.82, 2.24) is 14.9 Å². The number of benzene rings is 2. The Kier molecular flexibility index (Phi) is 6.18. The van der Waals surface area contributed by atoms with Crippen molar-refractivity contribution in [2.45, 2.75) is 11.8 Å². The summed E-state index contributed by atoms with van der Waals surface area (Å²) in [6, 6.07) is 18.2. The van der Waals surface area contributed by atoms with Gasteiger partial charge in [0, 0.05) is 48.4 Å². The number of hydrogen-bond donors (Lipinski definition) is 1. The van der Waals surface area contributed by atoms with Crippen LogP contribution in [0.1, 0.15) is 5.56 Å². The van der Waals surface area contributed by atoms with Crippen LogP contribution < -0.4 is 10.2 Å². The van der Waals surface area contributed by atoms with Gasteiger partial charge in [0.15, 0.2) is 0 Å². The molecule has 2 heterocycles. The number of urea groups is 1. The zero-order chi connectivity index (χ0) is 20.9. The number of nitrogens with zero attached hydrogens (tertiary/aromatic N) is 4.